The Morgan fingerprint density at radius 1 is 0.972 bits per heavy atom. The van der Waals surface area contributed by atoms with E-state index in [-0.39, 0.29) is 5.97 Å². The lowest BCUT2D eigenvalue weighted by molar-refractivity contribution is -0.134. The van der Waals surface area contributed by atoms with Crippen LogP contribution >= 0.6 is 11.3 Å². The molecule has 0 saturated carbocycles. The molecule has 1 fully saturated rings. The third-order valence-electron chi connectivity index (χ3n) is 6.66. The summed E-state index contributed by atoms with van der Waals surface area (Å²) in [5, 5.41) is 1.12. The lowest BCUT2D eigenvalue weighted by atomic mass is 9.94. The first-order chi connectivity index (χ1) is 17.7. The largest absolute Gasteiger partial charge is 0.493 e. The van der Waals surface area contributed by atoms with E-state index < -0.39 is 0 Å². The summed E-state index contributed by atoms with van der Waals surface area (Å²) < 4.78 is 12.6. The van der Waals surface area contributed by atoms with E-state index >= 15 is 0 Å². The minimum Gasteiger partial charge on any atom is -0.493 e. The second-order valence-electron chi connectivity index (χ2n) is 9.31. The van der Waals surface area contributed by atoms with Gasteiger partial charge in [0.1, 0.15) is 11.5 Å². The number of nitrogens with zero attached hydrogens (tertiary/aromatic N) is 2. The molecule has 0 bridgehead atoms. The highest BCUT2D eigenvalue weighted by Gasteiger charge is 2.22. The van der Waals surface area contributed by atoms with Crippen molar-refractivity contribution in [2.45, 2.75) is 39.0 Å². The molecule has 1 saturated heterocycles. The number of anilines is 1. The molecule has 5 rings (SSSR count). The fourth-order valence-electron chi connectivity index (χ4n) is 4.63. The first-order valence-electron chi connectivity index (χ1n) is 12.8. The van der Waals surface area contributed by atoms with Crippen molar-refractivity contribution in [1.82, 2.24) is 4.98 Å². The van der Waals surface area contributed by atoms with Crippen molar-refractivity contribution >= 4 is 32.7 Å². The van der Waals surface area contributed by atoms with Crippen LogP contribution in [0.15, 0.2) is 72.8 Å². The van der Waals surface area contributed by atoms with E-state index in [9.17, 15) is 4.79 Å². The summed E-state index contributed by atoms with van der Waals surface area (Å²) in [6.45, 7) is 4.68. The highest BCUT2D eigenvalue weighted by atomic mass is 32.1. The van der Waals surface area contributed by atoms with Crippen LogP contribution in [0.25, 0.3) is 21.3 Å². The fourth-order valence-corrected chi connectivity index (χ4v) is 5.68. The van der Waals surface area contributed by atoms with Crippen molar-refractivity contribution in [1.29, 1.82) is 0 Å². The molecule has 0 unspecified atom stereocenters. The highest BCUT2D eigenvalue weighted by molar-refractivity contribution is 7.22. The van der Waals surface area contributed by atoms with Crippen LogP contribution in [0.5, 0.6) is 11.5 Å². The van der Waals surface area contributed by atoms with Gasteiger partial charge >= 0.3 is 5.97 Å². The number of piperidine rings is 1. The molecule has 1 aliphatic rings. The van der Waals surface area contributed by atoms with E-state index in [1.54, 1.807) is 23.5 Å². The van der Waals surface area contributed by atoms with Crippen molar-refractivity contribution in [3.8, 4) is 22.6 Å². The van der Waals surface area contributed by atoms with Gasteiger partial charge < -0.3 is 14.4 Å². The number of carbonyl (C=O) groups is 1. The number of carbonyl (C=O) groups excluding carboxylic acids is 1. The molecule has 3 aromatic carbocycles. The Balaban J connectivity index is 1.11. The monoisotopic (exact) mass is 500 g/mol. The SMILES string of the molecule is CCCC(=O)Oc1cccc(OCCC2CCN(c3nc4ccc(-c5ccccc5)cc4s3)CC2)c1. The smallest absolute Gasteiger partial charge is 0.311 e. The highest BCUT2D eigenvalue weighted by Crippen LogP contribution is 2.34. The Labute approximate surface area is 216 Å². The van der Waals surface area contributed by atoms with Crippen LogP contribution in [0.2, 0.25) is 0 Å². The Kier molecular flexibility index (Phi) is 7.82. The average Bonchev–Trinajstić information content (AvgIpc) is 3.33. The van der Waals surface area contributed by atoms with Crippen LogP contribution in [-0.4, -0.2) is 30.6 Å². The molecular formula is C30H32N2O3S. The van der Waals surface area contributed by atoms with Crippen LogP contribution in [0.3, 0.4) is 0 Å². The Bertz CT molecular complexity index is 1300. The van der Waals surface area contributed by atoms with Gasteiger partial charge in [-0.1, -0.05) is 60.7 Å². The van der Waals surface area contributed by atoms with E-state index in [0.717, 1.165) is 55.2 Å². The van der Waals surface area contributed by atoms with Crippen LogP contribution in [0.1, 0.15) is 39.0 Å². The molecule has 0 radical (unpaired) electrons. The molecule has 0 amide bonds. The lowest BCUT2D eigenvalue weighted by Crippen LogP contribution is -2.34. The molecule has 0 N–H and O–H groups in total. The van der Waals surface area contributed by atoms with Gasteiger partial charge in [0, 0.05) is 25.6 Å². The Morgan fingerprint density at radius 2 is 1.78 bits per heavy atom. The van der Waals surface area contributed by atoms with Crippen LogP contribution < -0.4 is 14.4 Å². The second kappa shape index (κ2) is 11.6. The van der Waals surface area contributed by atoms with Crippen molar-refractivity contribution < 1.29 is 14.3 Å². The molecule has 4 aromatic rings. The maximum atomic E-state index is 11.7. The summed E-state index contributed by atoms with van der Waals surface area (Å²) in [5.41, 5.74) is 3.55. The number of hydrogen-bond acceptors (Lipinski definition) is 6. The van der Waals surface area contributed by atoms with Gasteiger partial charge in [-0.2, -0.15) is 0 Å². The molecular weight excluding hydrogens is 468 g/mol. The summed E-state index contributed by atoms with van der Waals surface area (Å²) in [7, 11) is 0. The molecule has 186 valence electrons. The minimum atomic E-state index is -0.203. The molecule has 5 nitrogen and oxygen atoms in total. The molecule has 1 aromatic heterocycles. The van der Waals surface area contributed by atoms with Gasteiger partial charge in [-0.15, -0.1) is 0 Å². The number of rotatable bonds is 9. The van der Waals surface area contributed by atoms with E-state index in [2.05, 4.69) is 47.4 Å². The Hall–Kier alpha value is -3.38. The quantitative estimate of drug-likeness (QED) is 0.178. The van der Waals surface area contributed by atoms with Gasteiger partial charge in [-0.25, -0.2) is 4.98 Å². The maximum Gasteiger partial charge on any atom is 0.311 e. The zero-order chi connectivity index (χ0) is 24.7. The summed E-state index contributed by atoms with van der Waals surface area (Å²) in [6, 6.07) is 24.4. The number of benzene rings is 3. The average molecular weight is 501 g/mol. The van der Waals surface area contributed by atoms with Gasteiger partial charge in [0.15, 0.2) is 5.13 Å². The normalized spacial score (nSPS) is 14.2. The van der Waals surface area contributed by atoms with Crippen molar-refractivity contribution in [3.63, 3.8) is 0 Å². The number of thiazole rings is 1. The summed E-state index contributed by atoms with van der Waals surface area (Å²) >= 11 is 1.79. The molecule has 0 aliphatic carbocycles. The summed E-state index contributed by atoms with van der Waals surface area (Å²) in [6.07, 6.45) is 4.51. The van der Waals surface area contributed by atoms with Crippen LogP contribution in [-0.2, 0) is 4.79 Å². The van der Waals surface area contributed by atoms with Crippen LogP contribution in [0, 0.1) is 5.92 Å². The van der Waals surface area contributed by atoms with E-state index in [1.165, 1.54) is 15.8 Å². The van der Waals surface area contributed by atoms with Gasteiger partial charge in [0.2, 0.25) is 0 Å². The first-order valence-corrected chi connectivity index (χ1v) is 13.6. The van der Waals surface area contributed by atoms with Crippen molar-refractivity contribution in [3.05, 3.63) is 72.8 Å². The van der Waals surface area contributed by atoms with Crippen molar-refractivity contribution in [2.75, 3.05) is 24.6 Å². The van der Waals surface area contributed by atoms with Gasteiger partial charge in [0.25, 0.3) is 0 Å². The second-order valence-corrected chi connectivity index (χ2v) is 10.3. The number of fused-ring (bicyclic) bond motifs is 1. The zero-order valence-corrected chi connectivity index (χ0v) is 21.5. The third-order valence-corrected chi connectivity index (χ3v) is 7.73. The molecule has 0 atom stereocenters. The number of esters is 1. The lowest BCUT2D eigenvalue weighted by Gasteiger charge is -2.31. The third kappa shape index (κ3) is 6.05. The predicted molar refractivity (Wildman–Crippen MR) is 147 cm³/mol. The van der Waals surface area contributed by atoms with E-state index in [1.807, 2.05) is 25.1 Å². The van der Waals surface area contributed by atoms with E-state index in [0.29, 0.717) is 24.7 Å². The topological polar surface area (TPSA) is 51.7 Å². The molecule has 2 heterocycles. The number of hydrogen-bond donors (Lipinski definition) is 0. The minimum absolute atomic E-state index is 0.203. The summed E-state index contributed by atoms with van der Waals surface area (Å²) in [4.78, 5) is 19.1. The van der Waals surface area contributed by atoms with Gasteiger partial charge in [-0.3, -0.25) is 4.79 Å². The molecule has 1 aliphatic heterocycles. The number of ether oxygens (including phenoxy) is 2. The fraction of sp³-hybridized carbons (Fsp3) is 0.333. The maximum absolute atomic E-state index is 11.7. The first kappa shape index (κ1) is 24.3. The van der Waals surface area contributed by atoms with Gasteiger partial charge in [0.05, 0.1) is 16.8 Å². The molecule has 0 spiro atoms. The zero-order valence-electron chi connectivity index (χ0n) is 20.7. The molecule has 36 heavy (non-hydrogen) atoms. The summed E-state index contributed by atoms with van der Waals surface area (Å²) in [5.74, 6) is 1.74. The van der Waals surface area contributed by atoms with Gasteiger partial charge in [-0.05, 0) is 67.0 Å². The van der Waals surface area contributed by atoms with E-state index in [4.69, 9.17) is 14.5 Å². The van der Waals surface area contributed by atoms with Crippen molar-refractivity contribution in [2.24, 2.45) is 5.92 Å². The standard InChI is InChI=1S/C30H32N2O3S/c1-2-7-29(33)35-26-11-6-10-25(21-26)34-19-16-22-14-17-32(18-15-22)30-31-27-13-12-24(20-28(27)36-30)23-8-4-3-5-9-23/h3-6,8-13,20-22H,2,7,14-19H2,1H3. The number of aromatic nitrogens is 1. The Morgan fingerprint density at radius 3 is 2.58 bits per heavy atom. The predicted octanol–water partition coefficient (Wildman–Crippen LogP) is 7.35. The molecule has 6 heteroatoms. The van der Waals surface area contributed by atoms with Crippen LogP contribution in [0.4, 0.5) is 5.13 Å².